The highest BCUT2D eigenvalue weighted by atomic mass is 32.1. The van der Waals surface area contributed by atoms with Gasteiger partial charge in [-0.25, -0.2) is 9.97 Å². The molecular weight excluding hydrogens is 544 g/mol. The lowest BCUT2D eigenvalue weighted by Crippen LogP contribution is -2.30. The first kappa shape index (κ1) is 24.1. The van der Waals surface area contributed by atoms with Gasteiger partial charge >= 0.3 is 0 Å². The fourth-order valence-corrected chi connectivity index (χ4v) is 8.78. The van der Waals surface area contributed by atoms with E-state index in [9.17, 15) is 9.59 Å². The summed E-state index contributed by atoms with van der Waals surface area (Å²) in [6, 6.07) is 7.24. The number of hydrogen-bond acceptors (Lipinski definition) is 8. The highest BCUT2D eigenvalue weighted by Gasteiger charge is 2.26. The number of aryl methyl sites for hydroxylation is 4. The second-order valence-electron chi connectivity index (χ2n) is 10.5. The monoisotopic (exact) mass is 570 g/mol. The highest BCUT2D eigenvalue weighted by Crippen LogP contribution is 2.36. The van der Waals surface area contributed by atoms with Crippen molar-refractivity contribution in [1.82, 2.24) is 19.1 Å². The van der Waals surface area contributed by atoms with Crippen molar-refractivity contribution >= 4 is 43.1 Å². The molecule has 2 aliphatic rings. The minimum Gasteiger partial charge on any atom is -0.461 e. The molecule has 0 saturated carbocycles. The topological polar surface area (TPSA) is 96.1 Å². The van der Waals surface area contributed by atoms with Crippen LogP contribution < -0.4 is 11.1 Å². The second-order valence-corrected chi connectivity index (χ2v) is 12.7. The van der Waals surface area contributed by atoms with E-state index in [1.54, 1.807) is 56.5 Å². The molecule has 40 heavy (non-hydrogen) atoms. The summed E-state index contributed by atoms with van der Waals surface area (Å²) in [5.41, 5.74) is 2.13. The molecule has 0 aliphatic heterocycles. The zero-order valence-electron chi connectivity index (χ0n) is 21.8. The molecular formula is C30H26N4O4S2. The average Bonchev–Trinajstić information content (AvgIpc) is 3.78. The summed E-state index contributed by atoms with van der Waals surface area (Å²) in [6.45, 7) is 0.491. The molecule has 8 nitrogen and oxygen atoms in total. The van der Waals surface area contributed by atoms with Crippen molar-refractivity contribution in [2.45, 2.75) is 64.5 Å². The summed E-state index contributed by atoms with van der Waals surface area (Å²) >= 11 is 3.25. The van der Waals surface area contributed by atoms with Gasteiger partial charge in [0, 0.05) is 22.8 Å². The summed E-state index contributed by atoms with van der Waals surface area (Å²) < 4.78 is 14.8. The number of hydrogen-bond donors (Lipinski definition) is 0. The molecule has 0 radical (unpaired) electrons. The quantitative estimate of drug-likeness (QED) is 0.245. The van der Waals surface area contributed by atoms with E-state index >= 15 is 0 Å². The number of nitrogens with zero attached hydrogens (tertiary/aromatic N) is 4. The van der Waals surface area contributed by atoms with E-state index in [2.05, 4.69) is 0 Å². The van der Waals surface area contributed by atoms with E-state index in [1.165, 1.54) is 9.75 Å². The van der Waals surface area contributed by atoms with Crippen molar-refractivity contribution in [3.8, 4) is 23.2 Å². The number of furan rings is 2. The Morgan fingerprint density at radius 3 is 1.55 bits per heavy atom. The Hall–Kier alpha value is -3.76. The lowest BCUT2D eigenvalue weighted by molar-refractivity contribution is 0.522. The second kappa shape index (κ2) is 9.42. The van der Waals surface area contributed by atoms with E-state index in [1.807, 2.05) is 12.1 Å². The zero-order valence-corrected chi connectivity index (χ0v) is 23.4. The fraction of sp³-hybridized carbons (Fsp3) is 0.333. The molecule has 6 aromatic rings. The van der Waals surface area contributed by atoms with Gasteiger partial charge in [0.05, 0.1) is 23.3 Å². The van der Waals surface area contributed by atoms with Crippen molar-refractivity contribution in [3.05, 3.63) is 78.4 Å². The van der Waals surface area contributed by atoms with E-state index in [0.29, 0.717) is 33.9 Å². The first-order valence-corrected chi connectivity index (χ1v) is 15.5. The molecule has 0 spiro atoms. The van der Waals surface area contributed by atoms with Crippen molar-refractivity contribution in [1.29, 1.82) is 0 Å². The summed E-state index contributed by atoms with van der Waals surface area (Å²) in [7, 11) is 0. The van der Waals surface area contributed by atoms with Crippen LogP contribution in [0.15, 0.2) is 55.2 Å². The van der Waals surface area contributed by atoms with Crippen LogP contribution in [0.1, 0.15) is 46.6 Å². The molecule has 0 aromatic carbocycles. The molecule has 2 aliphatic carbocycles. The Labute approximate surface area is 236 Å². The molecule has 10 heteroatoms. The molecule has 0 bridgehead atoms. The van der Waals surface area contributed by atoms with Gasteiger partial charge in [-0.1, -0.05) is 0 Å². The van der Waals surface area contributed by atoms with Gasteiger partial charge in [-0.2, -0.15) is 0 Å². The van der Waals surface area contributed by atoms with Crippen LogP contribution >= 0.6 is 22.7 Å². The van der Waals surface area contributed by atoms with Crippen LogP contribution in [-0.4, -0.2) is 19.1 Å². The smallest absolute Gasteiger partial charge is 0.262 e. The third-order valence-electron chi connectivity index (χ3n) is 8.18. The van der Waals surface area contributed by atoms with Crippen molar-refractivity contribution in [2.24, 2.45) is 0 Å². The van der Waals surface area contributed by atoms with Gasteiger partial charge in [0.15, 0.2) is 23.2 Å². The molecule has 0 amide bonds. The number of fused-ring (bicyclic) bond motifs is 6. The zero-order chi connectivity index (χ0) is 26.8. The van der Waals surface area contributed by atoms with E-state index in [4.69, 9.17) is 18.8 Å². The van der Waals surface area contributed by atoms with Crippen LogP contribution in [0.2, 0.25) is 0 Å². The minimum absolute atomic E-state index is 0.0784. The third-order valence-corrected chi connectivity index (χ3v) is 10.6. The van der Waals surface area contributed by atoms with Crippen LogP contribution in [0.5, 0.6) is 0 Å². The molecule has 0 fully saturated rings. The first-order chi connectivity index (χ1) is 19.7. The van der Waals surface area contributed by atoms with Crippen LogP contribution in [-0.2, 0) is 38.8 Å². The van der Waals surface area contributed by atoms with E-state index in [0.717, 1.165) is 72.2 Å². The maximum Gasteiger partial charge on any atom is 0.262 e. The predicted molar refractivity (Wildman–Crippen MR) is 156 cm³/mol. The average molecular weight is 571 g/mol. The van der Waals surface area contributed by atoms with Crippen molar-refractivity contribution in [3.63, 3.8) is 0 Å². The molecule has 6 heterocycles. The summed E-state index contributed by atoms with van der Waals surface area (Å²) in [6.07, 6.45) is 11.4. The Kier molecular flexibility index (Phi) is 5.67. The number of thiophene rings is 2. The predicted octanol–water partition coefficient (Wildman–Crippen LogP) is 6.21. The van der Waals surface area contributed by atoms with Crippen molar-refractivity contribution < 1.29 is 8.83 Å². The fourth-order valence-electron chi connectivity index (χ4n) is 6.28. The van der Waals surface area contributed by atoms with Crippen LogP contribution in [0.25, 0.3) is 43.6 Å². The van der Waals surface area contributed by atoms with Gasteiger partial charge in [0.25, 0.3) is 11.1 Å². The Morgan fingerprint density at radius 1 is 0.675 bits per heavy atom. The maximum absolute atomic E-state index is 14.1. The molecule has 0 saturated heterocycles. The molecule has 0 N–H and O–H groups in total. The van der Waals surface area contributed by atoms with Gasteiger partial charge in [-0.05, 0) is 86.8 Å². The molecule has 6 aromatic heterocycles. The summed E-state index contributed by atoms with van der Waals surface area (Å²) in [5.74, 6) is 2.03. The van der Waals surface area contributed by atoms with Gasteiger partial charge in [0.1, 0.15) is 9.66 Å². The lowest BCUT2D eigenvalue weighted by atomic mass is 9.97. The minimum atomic E-state index is -0.0784. The van der Waals surface area contributed by atoms with Crippen molar-refractivity contribution in [2.75, 3.05) is 0 Å². The first-order valence-electron chi connectivity index (χ1n) is 13.9. The molecule has 0 atom stereocenters. The van der Waals surface area contributed by atoms with E-state index < -0.39 is 0 Å². The standard InChI is InChI=1S/C30H26N4O4S2/c35-29-23-17-7-1-3-11-21(17)39-27(23)31-25(19-9-5-15-37-19)33(29)13-14-34-26(20-10-6-16-38-20)32-28-24(30(34)36)18-8-2-4-12-22(18)40-28/h5-6,9-10,15-16H,1-4,7-8,11-14H2. The third kappa shape index (κ3) is 3.69. The summed E-state index contributed by atoms with van der Waals surface area (Å²) in [5, 5.41) is 1.43. The van der Waals surface area contributed by atoms with E-state index in [-0.39, 0.29) is 24.2 Å². The Bertz CT molecular complexity index is 1860. The largest absolute Gasteiger partial charge is 0.461 e. The summed E-state index contributed by atoms with van der Waals surface area (Å²) in [4.78, 5) is 42.2. The SMILES string of the molecule is O=c1c2c3c(sc2nc(-c2ccco2)n1CCn1c(-c2ccco2)nc2sc4c(c2c1=O)CCCC4)CCCC3. The Morgan fingerprint density at radius 2 is 1.12 bits per heavy atom. The highest BCUT2D eigenvalue weighted by molar-refractivity contribution is 7.19. The van der Waals surface area contributed by atoms with Crippen LogP contribution in [0.4, 0.5) is 0 Å². The normalized spacial score (nSPS) is 15.1. The number of aromatic nitrogens is 4. The lowest BCUT2D eigenvalue weighted by Gasteiger charge is -2.16. The van der Waals surface area contributed by atoms with Crippen LogP contribution in [0, 0.1) is 0 Å². The molecule has 8 rings (SSSR count). The molecule has 202 valence electrons. The maximum atomic E-state index is 14.1. The van der Waals surface area contributed by atoms with Gasteiger partial charge in [-0.3, -0.25) is 18.7 Å². The van der Waals surface area contributed by atoms with Gasteiger partial charge in [-0.15, -0.1) is 22.7 Å². The van der Waals surface area contributed by atoms with Gasteiger partial charge < -0.3 is 8.83 Å². The van der Waals surface area contributed by atoms with Gasteiger partial charge in [0.2, 0.25) is 0 Å². The number of rotatable bonds is 5. The Balaban J connectivity index is 1.30. The molecule has 0 unspecified atom stereocenters. The van der Waals surface area contributed by atoms with Crippen LogP contribution in [0.3, 0.4) is 0 Å².